The van der Waals surface area contributed by atoms with Crippen molar-refractivity contribution >= 4 is 5.97 Å². The van der Waals surface area contributed by atoms with Crippen LogP contribution < -0.4 is 0 Å². The average molecular weight is 236 g/mol. The van der Waals surface area contributed by atoms with Gasteiger partial charge in [0.1, 0.15) is 0 Å². The van der Waals surface area contributed by atoms with Crippen LogP contribution in [0.3, 0.4) is 0 Å². The lowest BCUT2D eigenvalue weighted by Crippen LogP contribution is -2.11. The number of hydrogen-bond donors (Lipinski definition) is 1. The Bertz CT molecular complexity index is 366. The van der Waals surface area contributed by atoms with Gasteiger partial charge in [0.2, 0.25) is 0 Å². The van der Waals surface area contributed by atoms with Crippen molar-refractivity contribution < 1.29 is 19.4 Å². The van der Waals surface area contributed by atoms with Crippen molar-refractivity contribution in [1.29, 1.82) is 0 Å². The third-order valence-electron chi connectivity index (χ3n) is 2.75. The van der Waals surface area contributed by atoms with E-state index in [1.165, 1.54) is 0 Å². The fourth-order valence-corrected chi connectivity index (χ4v) is 1.79. The normalized spacial score (nSPS) is 19.4. The first-order chi connectivity index (χ1) is 8.24. The molecule has 1 saturated heterocycles. The quantitative estimate of drug-likeness (QED) is 0.844. The van der Waals surface area contributed by atoms with Gasteiger partial charge in [-0.1, -0.05) is 24.3 Å². The molecule has 0 amide bonds. The van der Waals surface area contributed by atoms with E-state index < -0.39 is 5.97 Å². The van der Waals surface area contributed by atoms with Crippen molar-refractivity contribution in [3.05, 3.63) is 35.4 Å². The molecule has 2 rings (SSSR count). The summed E-state index contributed by atoms with van der Waals surface area (Å²) >= 11 is 0. The predicted molar refractivity (Wildman–Crippen MR) is 61.8 cm³/mol. The lowest BCUT2D eigenvalue weighted by Gasteiger charge is -2.09. The number of carboxylic acid groups (broad SMARTS) is 1. The Morgan fingerprint density at radius 3 is 2.65 bits per heavy atom. The summed E-state index contributed by atoms with van der Waals surface area (Å²) in [6, 6.07) is 7.48. The SMILES string of the molecule is O=C(O)Cc1ccc(COC2CCOC2)cc1. The van der Waals surface area contributed by atoms with Crippen LogP contribution in [0.4, 0.5) is 0 Å². The van der Waals surface area contributed by atoms with E-state index >= 15 is 0 Å². The summed E-state index contributed by atoms with van der Waals surface area (Å²) in [5.74, 6) is -0.808. The molecule has 1 atom stereocenters. The minimum Gasteiger partial charge on any atom is -0.481 e. The lowest BCUT2D eigenvalue weighted by molar-refractivity contribution is -0.136. The maximum atomic E-state index is 10.5. The molecule has 0 spiro atoms. The van der Waals surface area contributed by atoms with Crippen LogP contribution in [0.5, 0.6) is 0 Å². The molecule has 1 aromatic rings. The molecule has 0 bridgehead atoms. The summed E-state index contributed by atoms with van der Waals surface area (Å²) in [7, 11) is 0. The molecule has 1 N–H and O–H groups in total. The number of ether oxygens (including phenoxy) is 2. The largest absolute Gasteiger partial charge is 0.481 e. The number of hydrogen-bond acceptors (Lipinski definition) is 3. The Hall–Kier alpha value is -1.39. The van der Waals surface area contributed by atoms with Crippen LogP contribution in [0, 0.1) is 0 Å². The van der Waals surface area contributed by atoms with E-state index in [0.717, 1.165) is 24.2 Å². The van der Waals surface area contributed by atoms with Gasteiger partial charge >= 0.3 is 5.97 Å². The molecule has 0 radical (unpaired) electrons. The van der Waals surface area contributed by atoms with Crippen molar-refractivity contribution in [2.45, 2.75) is 25.6 Å². The molecule has 4 nitrogen and oxygen atoms in total. The number of carboxylic acids is 1. The summed E-state index contributed by atoms with van der Waals surface area (Å²) in [5.41, 5.74) is 1.87. The van der Waals surface area contributed by atoms with Gasteiger partial charge in [-0.3, -0.25) is 4.79 Å². The second-order valence-electron chi connectivity index (χ2n) is 4.18. The second kappa shape index (κ2) is 5.80. The molecular weight excluding hydrogens is 220 g/mol. The van der Waals surface area contributed by atoms with Crippen LogP contribution in [0.2, 0.25) is 0 Å². The van der Waals surface area contributed by atoms with Gasteiger partial charge in [0.25, 0.3) is 0 Å². The summed E-state index contributed by atoms with van der Waals surface area (Å²) in [4.78, 5) is 10.5. The summed E-state index contributed by atoms with van der Waals surface area (Å²) in [6.45, 7) is 2.01. The number of rotatable bonds is 5. The first kappa shape index (κ1) is 12.1. The first-order valence-electron chi connectivity index (χ1n) is 5.73. The summed E-state index contributed by atoms with van der Waals surface area (Å²) < 4.78 is 10.9. The van der Waals surface area contributed by atoms with E-state index in [1.54, 1.807) is 0 Å². The monoisotopic (exact) mass is 236 g/mol. The van der Waals surface area contributed by atoms with E-state index in [-0.39, 0.29) is 12.5 Å². The van der Waals surface area contributed by atoms with Crippen LogP contribution in [0.15, 0.2) is 24.3 Å². The average Bonchev–Trinajstić information content (AvgIpc) is 2.80. The van der Waals surface area contributed by atoms with E-state index in [0.29, 0.717) is 13.2 Å². The van der Waals surface area contributed by atoms with Gasteiger partial charge in [-0.05, 0) is 17.5 Å². The standard InChI is InChI=1S/C13H16O4/c14-13(15)7-10-1-3-11(4-2-10)8-17-12-5-6-16-9-12/h1-4,12H,5-9H2,(H,14,15). The molecule has 1 aliphatic rings. The highest BCUT2D eigenvalue weighted by Crippen LogP contribution is 2.12. The molecular formula is C13H16O4. The lowest BCUT2D eigenvalue weighted by atomic mass is 10.1. The molecule has 1 fully saturated rings. The highest BCUT2D eigenvalue weighted by molar-refractivity contribution is 5.70. The molecule has 17 heavy (non-hydrogen) atoms. The zero-order valence-corrected chi connectivity index (χ0v) is 9.59. The van der Waals surface area contributed by atoms with Crippen LogP contribution >= 0.6 is 0 Å². The van der Waals surface area contributed by atoms with Gasteiger partial charge in [0.15, 0.2) is 0 Å². The Morgan fingerprint density at radius 1 is 1.35 bits per heavy atom. The topological polar surface area (TPSA) is 55.8 Å². The van der Waals surface area contributed by atoms with Crippen LogP contribution in [0.1, 0.15) is 17.5 Å². The van der Waals surface area contributed by atoms with Crippen molar-refractivity contribution in [1.82, 2.24) is 0 Å². The van der Waals surface area contributed by atoms with Gasteiger partial charge in [-0.25, -0.2) is 0 Å². The molecule has 0 aliphatic carbocycles. The number of aliphatic carboxylic acids is 1. The Kier molecular flexibility index (Phi) is 4.12. The minimum absolute atomic E-state index is 0.0671. The molecule has 1 aromatic carbocycles. The zero-order chi connectivity index (χ0) is 12.1. The minimum atomic E-state index is -0.808. The molecule has 92 valence electrons. The van der Waals surface area contributed by atoms with Crippen molar-refractivity contribution in [3.8, 4) is 0 Å². The first-order valence-corrected chi connectivity index (χ1v) is 5.73. The highest BCUT2D eigenvalue weighted by atomic mass is 16.5. The van der Waals surface area contributed by atoms with Crippen molar-refractivity contribution in [2.75, 3.05) is 13.2 Å². The summed E-state index contributed by atoms with van der Waals surface area (Å²) in [5, 5.41) is 8.64. The Balaban J connectivity index is 1.82. The van der Waals surface area contributed by atoms with Crippen molar-refractivity contribution in [2.24, 2.45) is 0 Å². The van der Waals surface area contributed by atoms with Crippen LogP contribution in [-0.2, 0) is 27.3 Å². The van der Waals surface area contributed by atoms with Gasteiger partial charge in [0.05, 0.1) is 25.7 Å². The fourth-order valence-electron chi connectivity index (χ4n) is 1.79. The Morgan fingerprint density at radius 2 is 2.06 bits per heavy atom. The molecule has 1 heterocycles. The van der Waals surface area contributed by atoms with Crippen molar-refractivity contribution in [3.63, 3.8) is 0 Å². The highest BCUT2D eigenvalue weighted by Gasteiger charge is 2.15. The molecule has 4 heteroatoms. The van der Waals surface area contributed by atoms with Gasteiger partial charge in [-0.15, -0.1) is 0 Å². The maximum absolute atomic E-state index is 10.5. The smallest absolute Gasteiger partial charge is 0.307 e. The van der Waals surface area contributed by atoms with Crippen LogP contribution in [-0.4, -0.2) is 30.4 Å². The molecule has 0 saturated carbocycles. The number of carbonyl (C=O) groups is 1. The molecule has 1 unspecified atom stereocenters. The van der Waals surface area contributed by atoms with E-state index in [1.807, 2.05) is 24.3 Å². The van der Waals surface area contributed by atoms with E-state index in [9.17, 15) is 4.79 Å². The van der Waals surface area contributed by atoms with Gasteiger partial charge < -0.3 is 14.6 Å². The third-order valence-corrected chi connectivity index (χ3v) is 2.75. The predicted octanol–water partition coefficient (Wildman–Crippen LogP) is 1.62. The molecule has 1 aliphatic heterocycles. The van der Waals surface area contributed by atoms with Crippen LogP contribution in [0.25, 0.3) is 0 Å². The fraction of sp³-hybridized carbons (Fsp3) is 0.462. The zero-order valence-electron chi connectivity index (χ0n) is 9.59. The Labute approximate surface area is 100 Å². The third kappa shape index (κ3) is 3.84. The maximum Gasteiger partial charge on any atom is 0.307 e. The van der Waals surface area contributed by atoms with E-state index in [4.69, 9.17) is 14.6 Å². The molecule has 0 aromatic heterocycles. The van der Waals surface area contributed by atoms with Gasteiger partial charge in [0, 0.05) is 6.61 Å². The summed E-state index contributed by atoms with van der Waals surface area (Å²) in [6.07, 6.45) is 1.23. The number of benzene rings is 1. The second-order valence-corrected chi connectivity index (χ2v) is 4.18. The van der Waals surface area contributed by atoms with E-state index in [2.05, 4.69) is 0 Å². The van der Waals surface area contributed by atoms with Gasteiger partial charge in [-0.2, -0.15) is 0 Å².